The van der Waals surface area contributed by atoms with Crippen molar-refractivity contribution in [1.82, 2.24) is 10.2 Å². The minimum atomic E-state index is -2.37. The van der Waals surface area contributed by atoms with Crippen molar-refractivity contribution >= 4 is 5.96 Å². The molecule has 5 heteroatoms. The second-order valence-electron chi connectivity index (χ2n) is 4.96. The number of halogens is 2. The average molecular weight is 261 g/mol. The summed E-state index contributed by atoms with van der Waals surface area (Å²) >= 11 is 0. The van der Waals surface area contributed by atoms with Crippen molar-refractivity contribution < 1.29 is 8.78 Å². The van der Waals surface area contributed by atoms with E-state index in [1.165, 1.54) is 0 Å². The van der Waals surface area contributed by atoms with Gasteiger partial charge in [0.2, 0.25) is 0 Å². The number of nitrogens with zero attached hydrogens (tertiary/aromatic N) is 2. The minimum Gasteiger partial charge on any atom is -0.357 e. The van der Waals surface area contributed by atoms with Gasteiger partial charge in [0, 0.05) is 19.6 Å². The molecule has 0 amide bonds. The predicted molar refractivity (Wildman–Crippen MR) is 71.2 cm³/mol. The van der Waals surface area contributed by atoms with Crippen molar-refractivity contribution in [2.24, 2.45) is 10.4 Å². The van der Waals surface area contributed by atoms with Crippen LogP contribution in [-0.2, 0) is 0 Å². The number of hydrogen-bond donors (Lipinski definition) is 1. The van der Waals surface area contributed by atoms with Gasteiger partial charge in [-0.1, -0.05) is 13.8 Å². The standard InChI is InChI=1S/C13H25F2N3/c1-4-13(5-2)7-8-18(10-13)12(16-6-3)17-9-11(14)15/h11H,4-10H2,1-3H3,(H,16,17). The molecule has 0 aliphatic carbocycles. The molecule has 3 nitrogen and oxygen atoms in total. The van der Waals surface area contributed by atoms with Crippen LogP contribution in [0, 0.1) is 5.41 Å². The summed E-state index contributed by atoms with van der Waals surface area (Å²) < 4.78 is 24.5. The van der Waals surface area contributed by atoms with Crippen LogP contribution in [0.25, 0.3) is 0 Å². The van der Waals surface area contributed by atoms with Crippen LogP contribution in [0.1, 0.15) is 40.0 Å². The fraction of sp³-hybridized carbons (Fsp3) is 0.923. The van der Waals surface area contributed by atoms with E-state index < -0.39 is 13.0 Å². The molecular formula is C13H25F2N3. The van der Waals surface area contributed by atoms with Crippen LogP contribution in [0.5, 0.6) is 0 Å². The predicted octanol–water partition coefficient (Wildman–Crippen LogP) is 2.73. The van der Waals surface area contributed by atoms with Gasteiger partial charge in [-0.2, -0.15) is 0 Å². The van der Waals surface area contributed by atoms with Gasteiger partial charge < -0.3 is 10.2 Å². The first kappa shape index (κ1) is 15.2. The number of guanidine groups is 1. The Hall–Kier alpha value is -0.870. The first-order chi connectivity index (χ1) is 8.56. The van der Waals surface area contributed by atoms with Crippen molar-refractivity contribution in [3.63, 3.8) is 0 Å². The van der Waals surface area contributed by atoms with Crippen LogP contribution in [-0.4, -0.2) is 43.5 Å². The van der Waals surface area contributed by atoms with Gasteiger partial charge in [0.1, 0.15) is 6.54 Å². The number of rotatable bonds is 5. The van der Waals surface area contributed by atoms with Gasteiger partial charge in [0.25, 0.3) is 6.43 Å². The lowest BCUT2D eigenvalue weighted by Gasteiger charge is -2.28. The largest absolute Gasteiger partial charge is 0.357 e. The Balaban J connectivity index is 2.68. The summed E-state index contributed by atoms with van der Waals surface area (Å²) in [5.41, 5.74) is 0.334. The van der Waals surface area contributed by atoms with Crippen molar-refractivity contribution in [3.05, 3.63) is 0 Å². The molecule has 1 fully saturated rings. The molecule has 1 aliphatic heterocycles. The Morgan fingerprint density at radius 3 is 2.44 bits per heavy atom. The van der Waals surface area contributed by atoms with E-state index in [4.69, 9.17) is 0 Å². The van der Waals surface area contributed by atoms with Gasteiger partial charge in [0.15, 0.2) is 5.96 Å². The number of nitrogens with one attached hydrogen (secondary N) is 1. The highest BCUT2D eigenvalue weighted by Crippen LogP contribution is 2.36. The monoisotopic (exact) mass is 261 g/mol. The molecule has 1 aliphatic rings. The molecule has 0 aromatic rings. The Bertz CT molecular complexity index is 275. The quantitative estimate of drug-likeness (QED) is 0.608. The molecule has 0 aromatic carbocycles. The number of hydrogen-bond acceptors (Lipinski definition) is 1. The minimum absolute atomic E-state index is 0.334. The number of likely N-dealkylation sites (tertiary alicyclic amines) is 1. The highest BCUT2D eigenvalue weighted by molar-refractivity contribution is 5.80. The van der Waals surface area contributed by atoms with E-state index in [0.717, 1.165) is 32.4 Å². The normalized spacial score (nSPS) is 19.7. The second-order valence-corrected chi connectivity index (χ2v) is 4.96. The van der Waals surface area contributed by atoms with Gasteiger partial charge in [-0.05, 0) is 31.6 Å². The van der Waals surface area contributed by atoms with Gasteiger partial charge in [-0.15, -0.1) is 0 Å². The summed E-state index contributed by atoms with van der Waals surface area (Å²) in [5.74, 6) is 0.640. The Labute approximate surface area is 109 Å². The fourth-order valence-corrected chi connectivity index (χ4v) is 2.52. The zero-order valence-electron chi connectivity index (χ0n) is 11.7. The van der Waals surface area contributed by atoms with Gasteiger partial charge in [0.05, 0.1) is 0 Å². The highest BCUT2D eigenvalue weighted by Gasteiger charge is 2.36. The van der Waals surface area contributed by atoms with Crippen molar-refractivity contribution in [2.75, 3.05) is 26.2 Å². The smallest absolute Gasteiger partial charge is 0.257 e. The SMILES string of the molecule is CCNC(=NCC(F)F)N1CCC(CC)(CC)C1. The number of alkyl halides is 2. The number of aliphatic imine (C=N–C) groups is 1. The molecule has 0 atom stereocenters. The van der Waals surface area contributed by atoms with E-state index in [0.29, 0.717) is 17.9 Å². The Morgan fingerprint density at radius 2 is 2.00 bits per heavy atom. The van der Waals surface area contributed by atoms with Crippen molar-refractivity contribution in [2.45, 2.75) is 46.5 Å². The molecule has 1 rings (SSSR count). The molecule has 0 radical (unpaired) electrons. The zero-order valence-corrected chi connectivity index (χ0v) is 11.7. The molecular weight excluding hydrogens is 236 g/mol. The third-order valence-electron chi connectivity index (χ3n) is 3.95. The lowest BCUT2D eigenvalue weighted by Crippen LogP contribution is -2.41. The summed E-state index contributed by atoms with van der Waals surface area (Å²) in [6.07, 6.45) is 1.02. The molecule has 18 heavy (non-hydrogen) atoms. The van der Waals surface area contributed by atoms with E-state index in [2.05, 4.69) is 29.1 Å². The molecule has 0 spiro atoms. The summed E-state index contributed by atoms with van der Waals surface area (Å²) in [4.78, 5) is 6.13. The molecule has 0 unspecified atom stereocenters. The molecule has 0 bridgehead atoms. The van der Waals surface area contributed by atoms with Crippen LogP contribution < -0.4 is 5.32 Å². The molecule has 106 valence electrons. The molecule has 1 N–H and O–H groups in total. The van der Waals surface area contributed by atoms with Crippen LogP contribution in [0.15, 0.2) is 4.99 Å². The third kappa shape index (κ3) is 3.82. The van der Waals surface area contributed by atoms with Crippen LogP contribution in [0.3, 0.4) is 0 Å². The first-order valence-electron chi connectivity index (χ1n) is 6.88. The fourth-order valence-electron chi connectivity index (χ4n) is 2.52. The van der Waals surface area contributed by atoms with E-state index in [1.54, 1.807) is 0 Å². The summed E-state index contributed by atoms with van der Waals surface area (Å²) in [7, 11) is 0. The lowest BCUT2D eigenvalue weighted by molar-refractivity contribution is 0.158. The van der Waals surface area contributed by atoms with Gasteiger partial charge in [-0.25, -0.2) is 13.8 Å². The molecule has 0 saturated carbocycles. The van der Waals surface area contributed by atoms with E-state index in [1.807, 2.05) is 6.92 Å². The highest BCUT2D eigenvalue weighted by atomic mass is 19.3. The van der Waals surface area contributed by atoms with Gasteiger partial charge >= 0.3 is 0 Å². The average Bonchev–Trinajstić information content (AvgIpc) is 2.79. The second kappa shape index (κ2) is 6.90. The Kier molecular flexibility index (Phi) is 5.82. The maximum atomic E-state index is 12.3. The summed E-state index contributed by atoms with van der Waals surface area (Å²) in [5, 5.41) is 3.11. The zero-order chi connectivity index (χ0) is 13.6. The maximum absolute atomic E-state index is 12.3. The maximum Gasteiger partial charge on any atom is 0.257 e. The van der Waals surface area contributed by atoms with Crippen LogP contribution >= 0.6 is 0 Å². The lowest BCUT2D eigenvalue weighted by atomic mass is 9.82. The molecule has 1 saturated heterocycles. The summed E-state index contributed by atoms with van der Waals surface area (Å²) in [6.45, 7) is 8.51. The van der Waals surface area contributed by atoms with Gasteiger partial charge in [-0.3, -0.25) is 0 Å². The van der Waals surface area contributed by atoms with Crippen LogP contribution in [0.2, 0.25) is 0 Å². The van der Waals surface area contributed by atoms with E-state index >= 15 is 0 Å². The molecule has 0 aromatic heterocycles. The van der Waals surface area contributed by atoms with E-state index in [9.17, 15) is 8.78 Å². The van der Waals surface area contributed by atoms with Crippen LogP contribution in [0.4, 0.5) is 8.78 Å². The van der Waals surface area contributed by atoms with E-state index in [-0.39, 0.29) is 0 Å². The van der Waals surface area contributed by atoms with Crippen molar-refractivity contribution in [3.8, 4) is 0 Å². The third-order valence-corrected chi connectivity index (χ3v) is 3.95. The Morgan fingerprint density at radius 1 is 1.33 bits per heavy atom. The van der Waals surface area contributed by atoms with Crippen molar-refractivity contribution in [1.29, 1.82) is 0 Å². The summed E-state index contributed by atoms with van der Waals surface area (Å²) in [6, 6.07) is 0. The molecule has 1 heterocycles. The topological polar surface area (TPSA) is 27.6 Å². The first-order valence-corrected chi connectivity index (χ1v) is 6.88.